The third kappa shape index (κ3) is 4.82. The first-order valence-electron chi connectivity index (χ1n) is 9.45. The Hall–Kier alpha value is -3.09. The number of nitrogens with zero attached hydrogens (tertiary/aromatic N) is 1. The number of primary amides is 1. The van der Waals surface area contributed by atoms with Gasteiger partial charge >= 0.3 is 5.76 Å². The Labute approximate surface area is 192 Å². The van der Waals surface area contributed by atoms with E-state index in [1.165, 1.54) is 13.0 Å². The first-order chi connectivity index (χ1) is 15.3. The van der Waals surface area contributed by atoms with Crippen molar-refractivity contribution in [3.63, 3.8) is 0 Å². The summed E-state index contributed by atoms with van der Waals surface area (Å²) < 4.78 is 62.4. The Morgan fingerprint density at radius 2 is 1.91 bits per heavy atom. The number of aryl methyl sites for hydroxylation is 1. The number of sulfonamides is 1. The Kier molecular flexibility index (Phi) is 6.73. The van der Waals surface area contributed by atoms with Gasteiger partial charge in [-0.1, -0.05) is 24.6 Å². The lowest BCUT2D eigenvalue weighted by Gasteiger charge is -2.25. The second-order valence-electron chi connectivity index (χ2n) is 7.37. The number of nitrogens with two attached hydrogens (primary N) is 1. The Balaban J connectivity index is 2.17. The van der Waals surface area contributed by atoms with Gasteiger partial charge in [-0.05, 0) is 48.7 Å². The minimum Gasteiger partial charge on any atom is -0.391 e. The summed E-state index contributed by atoms with van der Waals surface area (Å²) in [6.45, 7) is 4.88. The van der Waals surface area contributed by atoms with Crippen molar-refractivity contribution in [2.24, 2.45) is 5.73 Å². The van der Waals surface area contributed by atoms with Gasteiger partial charge < -0.3 is 10.2 Å². The van der Waals surface area contributed by atoms with Crippen LogP contribution in [-0.2, 0) is 10.0 Å². The number of rotatable bonds is 7. The lowest BCUT2D eigenvalue weighted by Crippen LogP contribution is -2.34. The highest BCUT2D eigenvalue weighted by Crippen LogP contribution is 2.36. The Morgan fingerprint density at radius 3 is 2.48 bits per heavy atom. The maximum Gasteiger partial charge on any atom is 0.434 e. The molecule has 9 nitrogen and oxygen atoms in total. The van der Waals surface area contributed by atoms with Crippen LogP contribution in [0.3, 0.4) is 0 Å². The molecule has 0 fully saturated rings. The molecule has 1 heterocycles. The van der Waals surface area contributed by atoms with Crippen molar-refractivity contribution in [1.82, 2.24) is 14.9 Å². The van der Waals surface area contributed by atoms with Gasteiger partial charge in [-0.2, -0.15) is 4.72 Å². The average Bonchev–Trinajstić information content (AvgIpc) is 3.16. The highest BCUT2D eigenvalue weighted by Gasteiger charge is 2.35. The molecular formula is C20H19ClF2N4O5S. The zero-order valence-corrected chi connectivity index (χ0v) is 19.1. The van der Waals surface area contributed by atoms with Crippen molar-refractivity contribution < 1.29 is 26.4 Å². The molecule has 2 aromatic carbocycles. The molecule has 0 aliphatic heterocycles. The minimum atomic E-state index is -4.69. The number of aromatic nitrogens is 2. The largest absolute Gasteiger partial charge is 0.434 e. The number of hydrogen-bond donors (Lipinski definition) is 3. The monoisotopic (exact) mass is 500 g/mol. The molecule has 4 N–H and O–H groups in total. The van der Waals surface area contributed by atoms with Crippen molar-refractivity contribution in [2.75, 3.05) is 0 Å². The van der Waals surface area contributed by atoms with Crippen LogP contribution < -0.4 is 16.2 Å². The molecule has 0 spiro atoms. The quantitative estimate of drug-likeness (QED) is 0.454. The van der Waals surface area contributed by atoms with E-state index in [1.807, 2.05) is 5.10 Å². The first-order valence-corrected chi connectivity index (χ1v) is 11.3. The molecule has 3 aromatic rings. The van der Waals surface area contributed by atoms with E-state index < -0.39 is 66.7 Å². The lowest BCUT2D eigenvalue weighted by atomic mass is 9.88. The number of halogens is 3. The van der Waals surface area contributed by atoms with E-state index in [0.717, 1.165) is 11.6 Å². The van der Waals surface area contributed by atoms with E-state index in [2.05, 4.69) is 9.82 Å². The highest BCUT2D eigenvalue weighted by molar-refractivity contribution is 7.89. The normalized spacial score (nSPS) is 13.6. The number of benzene rings is 2. The molecule has 0 aliphatic rings. The van der Waals surface area contributed by atoms with E-state index in [-0.39, 0.29) is 5.56 Å². The van der Waals surface area contributed by atoms with Gasteiger partial charge in [0.05, 0.1) is 15.5 Å². The van der Waals surface area contributed by atoms with Crippen LogP contribution in [0.5, 0.6) is 0 Å². The van der Waals surface area contributed by atoms with E-state index >= 15 is 0 Å². The molecule has 0 saturated carbocycles. The van der Waals surface area contributed by atoms with E-state index in [1.54, 1.807) is 19.9 Å². The predicted octanol–water partition coefficient (Wildman–Crippen LogP) is 2.83. The van der Waals surface area contributed by atoms with E-state index in [0.29, 0.717) is 11.6 Å². The van der Waals surface area contributed by atoms with Crippen molar-refractivity contribution in [3.8, 4) is 0 Å². The van der Waals surface area contributed by atoms with Gasteiger partial charge in [-0.25, -0.2) is 27.1 Å². The topological polar surface area (TPSA) is 148 Å². The van der Waals surface area contributed by atoms with Crippen LogP contribution in [0, 0.1) is 25.5 Å². The third-order valence-electron chi connectivity index (χ3n) is 5.27. The van der Waals surface area contributed by atoms with E-state index in [9.17, 15) is 26.8 Å². The van der Waals surface area contributed by atoms with Gasteiger partial charge in [-0.3, -0.25) is 4.79 Å². The van der Waals surface area contributed by atoms with Crippen molar-refractivity contribution in [2.45, 2.75) is 37.6 Å². The van der Waals surface area contributed by atoms with Gasteiger partial charge in [0, 0.05) is 5.92 Å². The van der Waals surface area contributed by atoms with Gasteiger partial charge in [0.15, 0.2) is 0 Å². The molecule has 1 aromatic heterocycles. The van der Waals surface area contributed by atoms with Crippen LogP contribution in [0.2, 0.25) is 5.02 Å². The fraction of sp³-hybridized carbons (Fsp3) is 0.250. The first kappa shape index (κ1) is 24.6. The van der Waals surface area contributed by atoms with Gasteiger partial charge in [-0.15, -0.1) is 5.10 Å². The molecule has 13 heteroatoms. The smallest absolute Gasteiger partial charge is 0.391 e. The van der Waals surface area contributed by atoms with Gasteiger partial charge in [0.2, 0.25) is 21.8 Å². The lowest BCUT2D eigenvalue weighted by molar-refractivity contribution is 0.0997. The molecule has 0 saturated heterocycles. The summed E-state index contributed by atoms with van der Waals surface area (Å²) in [6.07, 6.45) is 0. The Bertz CT molecular complexity index is 1400. The maximum absolute atomic E-state index is 14.8. The summed E-state index contributed by atoms with van der Waals surface area (Å²) in [6, 6.07) is 2.67. The maximum atomic E-state index is 14.8. The highest BCUT2D eigenvalue weighted by atomic mass is 35.5. The van der Waals surface area contributed by atoms with Crippen molar-refractivity contribution in [1.29, 1.82) is 0 Å². The summed E-state index contributed by atoms with van der Waals surface area (Å²) in [7, 11) is -4.69. The molecule has 33 heavy (non-hydrogen) atoms. The van der Waals surface area contributed by atoms with Crippen LogP contribution in [-0.4, -0.2) is 24.5 Å². The second kappa shape index (κ2) is 9.04. The fourth-order valence-electron chi connectivity index (χ4n) is 3.44. The van der Waals surface area contributed by atoms with Gasteiger partial charge in [0.1, 0.15) is 17.7 Å². The number of aromatic amines is 1. The summed E-state index contributed by atoms with van der Waals surface area (Å²) in [4.78, 5) is 22.5. The predicted molar refractivity (Wildman–Crippen MR) is 114 cm³/mol. The minimum absolute atomic E-state index is 0.144. The van der Waals surface area contributed by atoms with Crippen LogP contribution in [0.15, 0.2) is 38.4 Å². The number of amides is 1. The number of nitrogens with one attached hydrogen (secondary N) is 2. The van der Waals surface area contributed by atoms with Gasteiger partial charge in [0.25, 0.3) is 0 Å². The number of carbonyl (C=O) groups is 1. The summed E-state index contributed by atoms with van der Waals surface area (Å²) in [5, 5.41) is 5.18. The van der Waals surface area contributed by atoms with Crippen LogP contribution >= 0.6 is 11.6 Å². The molecule has 0 bridgehead atoms. The SMILES string of the molecule is Cc1ccc(F)c(C(C)C(NS(=O)(=O)c2cc(F)c(Cl)cc2C(N)=O)c2n[nH]c(=O)o2)c1C. The molecule has 0 aliphatic carbocycles. The van der Waals surface area contributed by atoms with Crippen LogP contribution in [0.1, 0.15) is 51.8 Å². The molecule has 0 radical (unpaired) electrons. The zero-order valence-electron chi connectivity index (χ0n) is 17.6. The fourth-order valence-corrected chi connectivity index (χ4v) is 5.08. The van der Waals surface area contributed by atoms with E-state index in [4.69, 9.17) is 21.8 Å². The third-order valence-corrected chi connectivity index (χ3v) is 7.04. The molecule has 3 rings (SSSR count). The number of H-pyrrole nitrogens is 1. The number of hydrogen-bond acceptors (Lipinski definition) is 6. The molecular weight excluding hydrogens is 482 g/mol. The zero-order chi connectivity index (χ0) is 24.7. The summed E-state index contributed by atoms with van der Waals surface area (Å²) in [5.74, 6) is -5.24. The van der Waals surface area contributed by atoms with Crippen molar-refractivity contribution >= 4 is 27.5 Å². The van der Waals surface area contributed by atoms with Crippen molar-refractivity contribution in [3.05, 3.63) is 79.6 Å². The second-order valence-corrected chi connectivity index (χ2v) is 9.46. The summed E-state index contributed by atoms with van der Waals surface area (Å²) in [5.41, 5.74) is 6.10. The standard InChI is InChI=1S/C20H19ClF2N4O5S/c1-8-4-5-13(22)16(9(8)2)10(3)17(19-25-26-20(29)32-19)27-33(30,31)15-7-14(23)12(21)6-11(15)18(24)28/h4-7,10,17,27H,1-3H3,(H2,24,28)(H,26,29). The average molecular weight is 501 g/mol. The molecule has 1 amide bonds. The molecule has 2 unspecified atom stereocenters. The number of carbonyl (C=O) groups excluding carboxylic acids is 1. The summed E-state index contributed by atoms with van der Waals surface area (Å²) >= 11 is 5.66. The van der Waals surface area contributed by atoms with Crippen LogP contribution in [0.4, 0.5) is 8.78 Å². The van der Waals surface area contributed by atoms with Crippen LogP contribution in [0.25, 0.3) is 0 Å². The molecule has 2 atom stereocenters. The Morgan fingerprint density at radius 1 is 1.24 bits per heavy atom. The molecule has 176 valence electrons.